The molecule has 1 heterocycles. The van der Waals surface area contributed by atoms with Gasteiger partial charge in [0.05, 0.1) is 24.5 Å². The Morgan fingerprint density at radius 1 is 1.12 bits per heavy atom. The molecule has 4 saturated carbocycles. The van der Waals surface area contributed by atoms with Crippen molar-refractivity contribution < 1.29 is 19.4 Å². The van der Waals surface area contributed by atoms with E-state index in [-0.39, 0.29) is 23.8 Å². The number of rotatable bonds is 3. The molecule has 1 saturated heterocycles. The summed E-state index contributed by atoms with van der Waals surface area (Å²) in [5, 5.41) is 9.00. The second kappa shape index (κ2) is 5.20. The summed E-state index contributed by atoms with van der Waals surface area (Å²) in [7, 11) is 0. The van der Waals surface area contributed by atoms with Crippen molar-refractivity contribution in [2.75, 3.05) is 19.7 Å². The topological polar surface area (TPSA) is 66.8 Å². The molecule has 5 rings (SSSR count). The first kappa shape index (κ1) is 16.4. The first-order chi connectivity index (χ1) is 11.2. The predicted octanol–water partition coefficient (Wildman–Crippen LogP) is 2.69. The lowest BCUT2D eigenvalue weighted by Crippen LogP contribution is -2.61. The summed E-state index contributed by atoms with van der Waals surface area (Å²) in [6, 6.07) is 0. The first-order valence-electron chi connectivity index (χ1n) is 9.34. The van der Waals surface area contributed by atoms with Crippen LogP contribution in [0.25, 0.3) is 0 Å². The van der Waals surface area contributed by atoms with Crippen molar-refractivity contribution in [3.63, 3.8) is 0 Å². The van der Waals surface area contributed by atoms with Crippen molar-refractivity contribution >= 4 is 11.9 Å². The van der Waals surface area contributed by atoms with Crippen LogP contribution >= 0.6 is 0 Å². The Balaban J connectivity index is 1.54. The van der Waals surface area contributed by atoms with Crippen LogP contribution in [0.5, 0.6) is 0 Å². The van der Waals surface area contributed by atoms with Gasteiger partial charge in [0.1, 0.15) is 0 Å². The minimum Gasteiger partial charge on any atom is -0.481 e. The summed E-state index contributed by atoms with van der Waals surface area (Å²) in [6.45, 7) is 6.26. The van der Waals surface area contributed by atoms with E-state index in [1.807, 2.05) is 4.90 Å². The molecule has 24 heavy (non-hydrogen) atoms. The smallest absolute Gasteiger partial charge is 0.306 e. The van der Waals surface area contributed by atoms with Gasteiger partial charge in [0.25, 0.3) is 0 Å². The monoisotopic (exact) mass is 335 g/mol. The average Bonchev–Trinajstić information content (AvgIpc) is 2.42. The third-order valence-corrected chi connectivity index (χ3v) is 6.91. The normalized spacial score (nSPS) is 47.0. The molecule has 0 spiro atoms. The summed E-state index contributed by atoms with van der Waals surface area (Å²) in [5.41, 5.74) is 0.432. The molecule has 5 aliphatic rings. The molecule has 5 fully saturated rings. The van der Waals surface area contributed by atoms with Crippen LogP contribution in [0.2, 0.25) is 0 Å². The van der Waals surface area contributed by atoms with Gasteiger partial charge in [0.2, 0.25) is 5.91 Å². The van der Waals surface area contributed by atoms with E-state index in [0.29, 0.717) is 36.4 Å². The fraction of sp³-hybridized carbons (Fsp3) is 0.895. The summed E-state index contributed by atoms with van der Waals surface area (Å²) < 4.78 is 5.55. The van der Waals surface area contributed by atoms with E-state index < -0.39 is 5.97 Å². The Hall–Kier alpha value is -1.10. The molecule has 1 amide bonds. The van der Waals surface area contributed by atoms with Crippen molar-refractivity contribution in [3.05, 3.63) is 0 Å². The number of hydrogen-bond acceptors (Lipinski definition) is 3. The standard InChI is InChI=1S/C19H29NO4/c1-17-6-13-7-18(2,10-17)12-19(8-13,11-17)16(23)20-3-4-24-14(9-20)5-15(21)22/h13-14H,3-12H2,1-2H3,(H,21,22). The van der Waals surface area contributed by atoms with Crippen molar-refractivity contribution in [3.8, 4) is 0 Å². The number of nitrogens with zero attached hydrogens (tertiary/aromatic N) is 1. The van der Waals surface area contributed by atoms with Crippen LogP contribution in [0, 0.1) is 22.2 Å². The average molecular weight is 335 g/mol. The SMILES string of the molecule is CC12CC3CC(C)(C1)CC(C(=O)N1CCOC(CC(=O)O)C1)(C3)C2. The predicted molar refractivity (Wildman–Crippen MR) is 88.4 cm³/mol. The summed E-state index contributed by atoms with van der Waals surface area (Å²) in [6.07, 6.45) is 6.52. The highest BCUT2D eigenvalue weighted by Crippen LogP contribution is 2.69. The van der Waals surface area contributed by atoms with E-state index in [1.165, 1.54) is 19.3 Å². The maximum atomic E-state index is 13.5. The van der Waals surface area contributed by atoms with Gasteiger partial charge < -0.3 is 14.7 Å². The quantitative estimate of drug-likeness (QED) is 0.861. The zero-order chi connectivity index (χ0) is 17.2. The third kappa shape index (κ3) is 2.65. The number of hydrogen-bond donors (Lipinski definition) is 1. The van der Waals surface area contributed by atoms with Crippen LogP contribution in [-0.4, -0.2) is 47.7 Å². The maximum Gasteiger partial charge on any atom is 0.306 e. The number of amides is 1. The Bertz CT molecular complexity index is 556. The number of aliphatic carboxylic acids is 1. The van der Waals surface area contributed by atoms with Gasteiger partial charge in [-0.25, -0.2) is 0 Å². The molecule has 5 nitrogen and oxygen atoms in total. The Kier molecular flexibility index (Phi) is 3.55. The minimum atomic E-state index is -0.857. The van der Waals surface area contributed by atoms with Crippen LogP contribution in [0.3, 0.4) is 0 Å². The molecule has 4 bridgehead atoms. The lowest BCUT2D eigenvalue weighted by atomic mass is 9.40. The molecule has 3 unspecified atom stereocenters. The fourth-order valence-electron chi connectivity index (χ4n) is 7.24. The number of carboxylic acid groups (broad SMARTS) is 1. The number of carboxylic acids is 1. The Labute approximate surface area is 143 Å². The zero-order valence-corrected chi connectivity index (χ0v) is 14.8. The van der Waals surface area contributed by atoms with E-state index in [1.54, 1.807) is 0 Å². The highest BCUT2D eigenvalue weighted by atomic mass is 16.5. The molecular formula is C19H29NO4. The highest BCUT2D eigenvalue weighted by molar-refractivity contribution is 5.84. The van der Waals surface area contributed by atoms with Gasteiger partial charge in [-0.2, -0.15) is 0 Å². The third-order valence-electron chi connectivity index (χ3n) is 6.91. The molecule has 3 atom stereocenters. The van der Waals surface area contributed by atoms with Crippen LogP contribution in [0.1, 0.15) is 58.8 Å². The zero-order valence-electron chi connectivity index (χ0n) is 14.8. The number of carbonyl (C=O) groups is 2. The second-order valence-electron chi connectivity index (χ2n) is 9.75. The largest absolute Gasteiger partial charge is 0.481 e. The molecule has 4 aliphatic carbocycles. The lowest BCUT2D eigenvalue weighted by Gasteiger charge is -2.65. The van der Waals surface area contributed by atoms with Gasteiger partial charge in [-0.3, -0.25) is 9.59 Å². The molecule has 1 aliphatic heterocycles. The van der Waals surface area contributed by atoms with Crippen LogP contribution in [0.15, 0.2) is 0 Å². The van der Waals surface area contributed by atoms with Crippen molar-refractivity contribution in [2.45, 2.75) is 64.9 Å². The molecule has 5 heteroatoms. The van der Waals surface area contributed by atoms with Gasteiger partial charge in [0, 0.05) is 13.1 Å². The van der Waals surface area contributed by atoms with Gasteiger partial charge >= 0.3 is 5.97 Å². The summed E-state index contributed by atoms with van der Waals surface area (Å²) in [4.78, 5) is 26.4. The molecule has 0 aromatic carbocycles. The Morgan fingerprint density at radius 2 is 1.79 bits per heavy atom. The second-order valence-corrected chi connectivity index (χ2v) is 9.75. The van der Waals surface area contributed by atoms with Crippen LogP contribution in [-0.2, 0) is 14.3 Å². The van der Waals surface area contributed by atoms with Gasteiger partial charge in [-0.1, -0.05) is 13.8 Å². The van der Waals surface area contributed by atoms with Crippen LogP contribution in [0.4, 0.5) is 0 Å². The van der Waals surface area contributed by atoms with E-state index in [0.717, 1.165) is 19.3 Å². The van der Waals surface area contributed by atoms with E-state index in [9.17, 15) is 9.59 Å². The molecule has 0 aromatic rings. The maximum absolute atomic E-state index is 13.5. The van der Waals surface area contributed by atoms with Gasteiger partial charge in [0.15, 0.2) is 0 Å². The fourth-order valence-corrected chi connectivity index (χ4v) is 7.24. The molecular weight excluding hydrogens is 306 g/mol. The molecule has 134 valence electrons. The van der Waals surface area contributed by atoms with Crippen LogP contribution < -0.4 is 0 Å². The molecule has 0 radical (unpaired) electrons. The van der Waals surface area contributed by atoms with E-state index in [4.69, 9.17) is 9.84 Å². The van der Waals surface area contributed by atoms with Crippen molar-refractivity contribution in [1.29, 1.82) is 0 Å². The van der Waals surface area contributed by atoms with Gasteiger partial charge in [-0.15, -0.1) is 0 Å². The van der Waals surface area contributed by atoms with Crippen molar-refractivity contribution in [2.24, 2.45) is 22.2 Å². The highest BCUT2D eigenvalue weighted by Gasteiger charge is 2.63. The number of carbonyl (C=O) groups excluding carboxylic acids is 1. The minimum absolute atomic E-state index is 0.0190. The van der Waals surface area contributed by atoms with Crippen molar-refractivity contribution in [1.82, 2.24) is 4.90 Å². The molecule has 0 aromatic heterocycles. The number of ether oxygens (including phenoxy) is 1. The summed E-state index contributed by atoms with van der Waals surface area (Å²) in [5.74, 6) is 0.114. The number of morpholine rings is 1. The Morgan fingerprint density at radius 3 is 2.38 bits per heavy atom. The molecule has 1 N–H and O–H groups in total. The first-order valence-corrected chi connectivity index (χ1v) is 9.34. The van der Waals surface area contributed by atoms with E-state index in [2.05, 4.69) is 13.8 Å². The lowest BCUT2D eigenvalue weighted by molar-refractivity contribution is -0.184. The van der Waals surface area contributed by atoms with E-state index >= 15 is 0 Å². The van der Waals surface area contributed by atoms with Gasteiger partial charge in [-0.05, 0) is 55.3 Å². The summed E-state index contributed by atoms with van der Waals surface area (Å²) >= 11 is 0.